The molecule has 8 atom stereocenters. The number of rotatable bonds is 1. The zero-order chi connectivity index (χ0) is 17.3. The Bertz CT molecular complexity index is 579. The molecule has 0 aromatic rings. The summed E-state index contributed by atoms with van der Waals surface area (Å²) in [6, 6.07) is 0. The molecule has 0 amide bonds. The number of allylic oxidation sites excluding steroid dienone is 1. The minimum Gasteiger partial charge on any atom is -0.393 e. The molecule has 0 aromatic heterocycles. The molecule has 3 saturated carbocycles. The first-order chi connectivity index (χ1) is 11.3. The fourth-order valence-electron chi connectivity index (χ4n) is 7.87. The summed E-state index contributed by atoms with van der Waals surface area (Å²) < 4.78 is 0. The summed E-state index contributed by atoms with van der Waals surface area (Å²) in [6.45, 7) is 9.04. The second-order valence-electron chi connectivity index (χ2n) is 10.0. The average molecular weight is 331 g/mol. The van der Waals surface area contributed by atoms with E-state index in [0.29, 0.717) is 23.0 Å². The van der Waals surface area contributed by atoms with E-state index in [-0.39, 0.29) is 17.4 Å². The molecule has 0 radical (unpaired) electrons. The lowest BCUT2D eigenvalue weighted by Gasteiger charge is -2.57. The van der Waals surface area contributed by atoms with Gasteiger partial charge in [-0.05, 0) is 86.4 Å². The Labute approximate surface area is 147 Å². The maximum atomic E-state index is 12.4. The fraction of sp³-hybridized carbons (Fsp3) is 0.864. The molecule has 2 nitrogen and oxygen atoms in total. The van der Waals surface area contributed by atoms with Crippen LogP contribution in [0.5, 0.6) is 0 Å². The standard InChI is InChI=1S/C22H34O2/c1-13-11-19-17-6-5-15-12-16(24)7-9-21(15,3)18(17)8-10-22(19,4)20(13)14(2)23/h5,13,16-20,24H,6-12H2,1-4H3/t13-,16+,17?,18?,19?,20-,21+,22+/m1/s1. The van der Waals surface area contributed by atoms with Crippen molar-refractivity contribution < 1.29 is 9.90 Å². The number of ketones is 1. The topological polar surface area (TPSA) is 37.3 Å². The monoisotopic (exact) mass is 330 g/mol. The predicted molar refractivity (Wildman–Crippen MR) is 96.4 cm³/mol. The molecule has 0 bridgehead atoms. The van der Waals surface area contributed by atoms with Gasteiger partial charge >= 0.3 is 0 Å². The van der Waals surface area contributed by atoms with Crippen molar-refractivity contribution in [1.82, 2.24) is 0 Å². The lowest BCUT2D eigenvalue weighted by atomic mass is 9.47. The van der Waals surface area contributed by atoms with Gasteiger partial charge in [0.15, 0.2) is 0 Å². The van der Waals surface area contributed by atoms with Gasteiger partial charge in [-0.1, -0.05) is 32.4 Å². The van der Waals surface area contributed by atoms with Crippen molar-refractivity contribution in [2.24, 2.45) is 40.4 Å². The highest BCUT2D eigenvalue weighted by Gasteiger charge is 2.61. The van der Waals surface area contributed by atoms with Crippen LogP contribution >= 0.6 is 0 Å². The summed E-state index contributed by atoms with van der Waals surface area (Å²) in [4.78, 5) is 12.4. The van der Waals surface area contributed by atoms with Crippen molar-refractivity contribution in [3.8, 4) is 0 Å². The first-order valence-corrected chi connectivity index (χ1v) is 10.2. The van der Waals surface area contributed by atoms with E-state index >= 15 is 0 Å². The van der Waals surface area contributed by atoms with Crippen molar-refractivity contribution in [1.29, 1.82) is 0 Å². The van der Waals surface area contributed by atoms with E-state index < -0.39 is 0 Å². The smallest absolute Gasteiger partial charge is 0.133 e. The van der Waals surface area contributed by atoms with E-state index in [1.54, 1.807) is 5.57 Å². The zero-order valence-electron chi connectivity index (χ0n) is 15.8. The molecular formula is C22H34O2. The van der Waals surface area contributed by atoms with Gasteiger partial charge in [-0.2, -0.15) is 0 Å². The van der Waals surface area contributed by atoms with Gasteiger partial charge in [-0.3, -0.25) is 4.79 Å². The fourth-order valence-corrected chi connectivity index (χ4v) is 7.87. The van der Waals surface area contributed by atoms with Crippen molar-refractivity contribution in [2.45, 2.75) is 78.7 Å². The largest absolute Gasteiger partial charge is 0.393 e. The molecule has 0 aromatic carbocycles. The van der Waals surface area contributed by atoms with Crippen LogP contribution in [-0.4, -0.2) is 17.0 Å². The lowest BCUT2D eigenvalue weighted by Crippen LogP contribution is -2.51. The first-order valence-electron chi connectivity index (χ1n) is 10.2. The van der Waals surface area contributed by atoms with Gasteiger partial charge in [0.25, 0.3) is 0 Å². The summed E-state index contributed by atoms with van der Waals surface area (Å²) in [6.07, 6.45) is 10.3. The number of Topliss-reactive ketones (excluding diaryl/α,β-unsaturated/α-hetero) is 1. The molecule has 1 N–H and O–H groups in total. The van der Waals surface area contributed by atoms with Gasteiger partial charge in [-0.25, -0.2) is 0 Å². The molecule has 0 spiro atoms. The number of hydrogen-bond acceptors (Lipinski definition) is 2. The Kier molecular flexibility index (Phi) is 3.81. The van der Waals surface area contributed by atoms with Gasteiger partial charge in [0.1, 0.15) is 5.78 Å². The summed E-state index contributed by atoms with van der Waals surface area (Å²) in [7, 11) is 0. The summed E-state index contributed by atoms with van der Waals surface area (Å²) in [5, 5.41) is 10.1. The highest BCUT2D eigenvalue weighted by molar-refractivity contribution is 5.80. The number of hydrogen-bond donors (Lipinski definition) is 1. The van der Waals surface area contributed by atoms with E-state index in [4.69, 9.17) is 0 Å². The Morgan fingerprint density at radius 1 is 1.21 bits per heavy atom. The van der Waals surface area contributed by atoms with E-state index in [1.165, 1.54) is 25.7 Å². The summed E-state index contributed by atoms with van der Waals surface area (Å²) in [5.74, 6) is 3.46. The SMILES string of the molecule is CC(=O)[C@H]1[C@H](C)CC2C3CC=C4C[C@@H](O)CC[C@]4(C)C3CC[C@@]21C. The number of carbonyl (C=O) groups excluding carboxylic acids is 1. The van der Waals surface area contributed by atoms with Gasteiger partial charge in [0.2, 0.25) is 0 Å². The number of fused-ring (bicyclic) bond motifs is 5. The number of aliphatic hydroxyl groups excluding tert-OH is 1. The minimum absolute atomic E-state index is 0.122. The molecule has 0 saturated heterocycles. The molecule has 4 aliphatic rings. The van der Waals surface area contributed by atoms with E-state index in [2.05, 4.69) is 26.8 Å². The lowest BCUT2D eigenvalue weighted by molar-refractivity contribution is -0.128. The number of aliphatic hydroxyl groups is 1. The van der Waals surface area contributed by atoms with Crippen LogP contribution < -0.4 is 0 Å². The quantitative estimate of drug-likeness (QED) is 0.704. The van der Waals surface area contributed by atoms with Crippen LogP contribution in [0.1, 0.15) is 72.6 Å². The van der Waals surface area contributed by atoms with Crippen LogP contribution in [0.3, 0.4) is 0 Å². The highest BCUT2D eigenvalue weighted by Crippen LogP contribution is 2.67. The van der Waals surface area contributed by atoms with Crippen LogP contribution in [-0.2, 0) is 4.79 Å². The Morgan fingerprint density at radius 3 is 2.67 bits per heavy atom. The summed E-state index contributed by atoms with van der Waals surface area (Å²) >= 11 is 0. The van der Waals surface area contributed by atoms with Crippen molar-refractivity contribution >= 4 is 5.78 Å². The van der Waals surface area contributed by atoms with E-state index in [9.17, 15) is 9.90 Å². The second kappa shape index (κ2) is 5.43. The Morgan fingerprint density at radius 2 is 1.96 bits per heavy atom. The molecule has 0 heterocycles. The third-order valence-corrected chi connectivity index (χ3v) is 8.86. The number of carbonyl (C=O) groups is 1. The normalized spacial score (nSPS) is 53.6. The second-order valence-corrected chi connectivity index (χ2v) is 10.0. The Hall–Kier alpha value is -0.630. The molecule has 4 aliphatic carbocycles. The van der Waals surface area contributed by atoms with Crippen molar-refractivity contribution in [3.63, 3.8) is 0 Å². The predicted octanol–water partition coefficient (Wildman–Crippen LogP) is 4.76. The third kappa shape index (κ3) is 2.14. The molecule has 0 aliphatic heterocycles. The van der Waals surface area contributed by atoms with Crippen molar-refractivity contribution in [2.75, 3.05) is 0 Å². The molecule has 24 heavy (non-hydrogen) atoms. The van der Waals surface area contributed by atoms with Crippen LogP contribution in [0, 0.1) is 40.4 Å². The summed E-state index contributed by atoms with van der Waals surface area (Å²) in [5.41, 5.74) is 2.07. The van der Waals surface area contributed by atoms with Gasteiger partial charge < -0.3 is 5.11 Å². The molecule has 134 valence electrons. The maximum Gasteiger partial charge on any atom is 0.133 e. The Balaban J connectivity index is 1.68. The van der Waals surface area contributed by atoms with E-state index in [1.807, 2.05) is 6.92 Å². The van der Waals surface area contributed by atoms with Gasteiger partial charge in [0, 0.05) is 5.92 Å². The average Bonchev–Trinajstić information content (AvgIpc) is 2.78. The van der Waals surface area contributed by atoms with Gasteiger partial charge in [0.05, 0.1) is 6.10 Å². The van der Waals surface area contributed by atoms with Gasteiger partial charge in [-0.15, -0.1) is 0 Å². The van der Waals surface area contributed by atoms with Crippen molar-refractivity contribution in [3.05, 3.63) is 11.6 Å². The van der Waals surface area contributed by atoms with E-state index in [0.717, 1.165) is 31.1 Å². The van der Waals surface area contributed by atoms with Crippen LogP contribution in [0.4, 0.5) is 0 Å². The third-order valence-electron chi connectivity index (χ3n) is 8.86. The van der Waals surface area contributed by atoms with Crippen LogP contribution in [0.15, 0.2) is 11.6 Å². The maximum absolute atomic E-state index is 12.4. The molecule has 3 fully saturated rings. The highest BCUT2D eigenvalue weighted by atomic mass is 16.3. The zero-order valence-corrected chi connectivity index (χ0v) is 15.8. The minimum atomic E-state index is -0.122. The molecule has 4 rings (SSSR count). The molecular weight excluding hydrogens is 296 g/mol. The molecule has 2 heteroatoms. The molecule has 3 unspecified atom stereocenters. The van der Waals surface area contributed by atoms with Crippen LogP contribution in [0.25, 0.3) is 0 Å². The first kappa shape index (κ1) is 16.8. The van der Waals surface area contributed by atoms with Crippen LogP contribution in [0.2, 0.25) is 0 Å².